The largest absolute Gasteiger partial charge is 0.508 e. The average molecular weight is 293 g/mol. The van der Waals surface area contributed by atoms with Crippen LogP contribution < -0.4 is 5.32 Å². The highest BCUT2D eigenvalue weighted by Crippen LogP contribution is 2.10. The van der Waals surface area contributed by atoms with E-state index in [1.54, 1.807) is 12.1 Å². The molecule has 0 heterocycles. The van der Waals surface area contributed by atoms with Gasteiger partial charge in [0.1, 0.15) is 11.8 Å². The molecule has 1 aromatic carbocycles. The molecule has 1 amide bonds. The van der Waals surface area contributed by atoms with Crippen LogP contribution in [0.5, 0.6) is 5.75 Å². The molecule has 112 valence electrons. The SMILES string of the molecule is O=C(O)CCC(NC(=O)C=Cc1ccc(O)cc1)C(=O)O. The van der Waals surface area contributed by atoms with Crippen molar-refractivity contribution < 1.29 is 29.7 Å². The summed E-state index contributed by atoms with van der Waals surface area (Å²) < 4.78 is 0. The van der Waals surface area contributed by atoms with Crippen LogP contribution in [0.1, 0.15) is 18.4 Å². The Labute approximate surface area is 120 Å². The van der Waals surface area contributed by atoms with Gasteiger partial charge in [-0.1, -0.05) is 12.1 Å². The predicted octanol–water partition coefficient (Wildman–Crippen LogP) is 0.840. The summed E-state index contributed by atoms with van der Waals surface area (Å²) in [6.07, 6.45) is 2.05. The third-order valence-electron chi connectivity index (χ3n) is 2.58. The molecule has 0 saturated carbocycles. The van der Waals surface area contributed by atoms with E-state index < -0.39 is 23.9 Å². The Balaban J connectivity index is 2.59. The molecule has 1 rings (SSSR count). The summed E-state index contributed by atoms with van der Waals surface area (Å²) in [7, 11) is 0. The van der Waals surface area contributed by atoms with Crippen molar-refractivity contribution >= 4 is 23.9 Å². The van der Waals surface area contributed by atoms with E-state index in [-0.39, 0.29) is 18.6 Å². The van der Waals surface area contributed by atoms with E-state index in [4.69, 9.17) is 15.3 Å². The van der Waals surface area contributed by atoms with Crippen LogP contribution in [0.4, 0.5) is 0 Å². The van der Waals surface area contributed by atoms with E-state index in [0.717, 1.165) is 6.08 Å². The van der Waals surface area contributed by atoms with Crippen molar-refractivity contribution in [3.8, 4) is 5.75 Å². The number of aromatic hydroxyl groups is 1. The van der Waals surface area contributed by atoms with E-state index in [0.29, 0.717) is 5.56 Å². The fraction of sp³-hybridized carbons (Fsp3) is 0.214. The second-order valence-corrected chi connectivity index (χ2v) is 4.26. The lowest BCUT2D eigenvalue weighted by Gasteiger charge is -2.11. The topological polar surface area (TPSA) is 124 Å². The minimum absolute atomic E-state index is 0.0937. The molecule has 7 heteroatoms. The summed E-state index contributed by atoms with van der Waals surface area (Å²) in [6.45, 7) is 0. The summed E-state index contributed by atoms with van der Waals surface area (Å²) in [5.74, 6) is -2.96. The highest BCUT2D eigenvalue weighted by molar-refractivity contribution is 5.94. The molecular weight excluding hydrogens is 278 g/mol. The smallest absolute Gasteiger partial charge is 0.326 e. The number of benzene rings is 1. The molecular formula is C14H15NO6. The number of aliphatic carboxylic acids is 2. The van der Waals surface area contributed by atoms with Crippen molar-refractivity contribution in [3.63, 3.8) is 0 Å². The van der Waals surface area contributed by atoms with Crippen molar-refractivity contribution in [1.82, 2.24) is 5.32 Å². The van der Waals surface area contributed by atoms with Crippen molar-refractivity contribution in [2.75, 3.05) is 0 Å². The molecule has 0 aliphatic rings. The molecule has 0 aromatic heterocycles. The minimum Gasteiger partial charge on any atom is -0.508 e. The van der Waals surface area contributed by atoms with Crippen molar-refractivity contribution in [1.29, 1.82) is 0 Å². The van der Waals surface area contributed by atoms with E-state index in [2.05, 4.69) is 5.32 Å². The van der Waals surface area contributed by atoms with E-state index in [1.807, 2.05) is 0 Å². The Morgan fingerprint density at radius 2 is 1.76 bits per heavy atom. The van der Waals surface area contributed by atoms with Crippen LogP contribution in [-0.4, -0.2) is 39.2 Å². The quantitative estimate of drug-likeness (QED) is 0.552. The molecule has 7 nitrogen and oxygen atoms in total. The number of phenols is 1. The van der Waals surface area contributed by atoms with Gasteiger partial charge in [-0.05, 0) is 30.2 Å². The molecule has 0 bridgehead atoms. The first-order valence-corrected chi connectivity index (χ1v) is 6.10. The maximum Gasteiger partial charge on any atom is 0.326 e. The highest BCUT2D eigenvalue weighted by Gasteiger charge is 2.19. The number of carbonyl (C=O) groups is 3. The molecule has 0 aliphatic heterocycles. The van der Waals surface area contributed by atoms with Crippen molar-refractivity contribution in [2.45, 2.75) is 18.9 Å². The number of hydrogen-bond donors (Lipinski definition) is 4. The minimum atomic E-state index is -1.29. The van der Waals surface area contributed by atoms with Gasteiger partial charge in [0.15, 0.2) is 0 Å². The normalized spacial score (nSPS) is 12.0. The summed E-state index contributed by atoms with van der Waals surface area (Å²) in [4.78, 5) is 32.9. The molecule has 0 fully saturated rings. The lowest BCUT2D eigenvalue weighted by Crippen LogP contribution is -2.40. The zero-order valence-corrected chi connectivity index (χ0v) is 11.0. The first-order chi connectivity index (χ1) is 9.88. The standard InChI is InChI=1S/C14H15NO6/c16-10-4-1-9(2-5-10)3-7-12(17)15-11(14(20)21)6-8-13(18)19/h1-5,7,11,16H,6,8H2,(H,15,17)(H,18,19)(H,20,21). The predicted molar refractivity (Wildman–Crippen MR) is 73.6 cm³/mol. The molecule has 1 atom stereocenters. The number of carboxylic acids is 2. The van der Waals surface area contributed by atoms with Crippen LogP contribution in [-0.2, 0) is 14.4 Å². The van der Waals surface area contributed by atoms with Gasteiger partial charge in [-0.15, -0.1) is 0 Å². The summed E-state index contributed by atoms with van der Waals surface area (Å²) in [5, 5.41) is 28.7. The van der Waals surface area contributed by atoms with Gasteiger partial charge in [0, 0.05) is 12.5 Å². The van der Waals surface area contributed by atoms with Gasteiger partial charge in [0.2, 0.25) is 5.91 Å². The lowest BCUT2D eigenvalue weighted by molar-refractivity contribution is -0.142. The molecule has 0 saturated heterocycles. The zero-order valence-electron chi connectivity index (χ0n) is 11.0. The van der Waals surface area contributed by atoms with E-state index in [1.165, 1.54) is 18.2 Å². The summed E-state index contributed by atoms with van der Waals surface area (Å²) in [6, 6.07) is 4.81. The van der Waals surface area contributed by atoms with Crippen LogP contribution >= 0.6 is 0 Å². The monoisotopic (exact) mass is 293 g/mol. The van der Waals surface area contributed by atoms with Crippen LogP contribution in [0.2, 0.25) is 0 Å². The van der Waals surface area contributed by atoms with Crippen LogP contribution in [0.25, 0.3) is 6.08 Å². The Bertz CT molecular complexity index is 549. The molecule has 1 unspecified atom stereocenters. The maximum atomic E-state index is 11.6. The fourth-order valence-electron chi connectivity index (χ4n) is 1.50. The van der Waals surface area contributed by atoms with E-state index >= 15 is 0 Å². The van der Waals surface area contributed by atoms with Gasteiger partial charge in [-0.3, -0.25) is 9.59 Å². The molecule has 1 aromatic rings. The first-order valence-electron chi connectivity index (χ1n) is 6.10. The van der Waals surface area contributed by atoms with Gasteiger partial charge in [-0.25, -0.2) is 4.79 Å². The third kappa shape index (κ3) is 6.24. The summed E-state index contributed by atoms with van der Waals surface area (Å²) in [5.41, 5.74) is 0.653. The second kappa shape index (κ2) is 7.68. The number of hydrogen-bond acceptors (Lipinski definition) is 4. The number of carbonyl (C=O) groups excluding carboxylic acids is 1. The van der Waals surface area contributed by atoms with Crippen LogP contribution in [0.15, 0.2) is 30.3 Å². The van der Waals surface area contributed by atoms with Gasteiger partial charge in [0.05, 0.1) is 0 Å². The summed E-state index contributed by atoms with van der Waals surface area (Å²) >= 11 is 0. The molecule has 21 heavy (non-hydrogen) atoms. The molecule has 4 N–H and O–H groups in total. The van der Waals surface area contributed by atoms with E-state index in [9.17, 15) is 14.4 Å². The number of amides is 1. The number of carboxylic acid groups (broad SMARTS) is 2. The number of nitrogens with one attached hydrogen (secondary N) is 1. The Kier molecular flexibility index (Phi) is 5.94. The maximum absolute atomic E-state index is 11.6. The Morgan fingerprint density at radius 3 is 2.29 bits per heavy atom. The number of phenolic OH excluding ortho intramolecular Hbond substituents is 1. The van der Waals surface area contributed by atoms with Gasteiger partial charge < -0.3 is 20.6 Å². The lowest BCUT2D eigenvalue weighted by atomic mass is 10.1. The zero-order chi connectivity index (χ0) is 15.8. The Morgan fingerprint density at radius 1 is 1.14 bits per heavy atom. The highest BCUT2D eigenvalue weighted by atomic mass is 16.4. The second-order valence-electron chi connectivity index (χ2n) is 4.26. The molecule has 0 radical (unpaired) electrons. The molecule has 0 spiro atoms. The van der Waals surface area contributed by atoms with Crippen molar-refractivity contribution in [2.24, 2.45) is 0 Å². The van der Waals surface area contributed by atoms with Crippen LogP contribution in [0, 0.1) is 0 Å². The van der Waals surface area contributed by atoms with Gasteiger partial charge >= 0.3 is 11.9 Å². The average Bonchev–Trinajstić information content (AvgIpc) is 2.42. The van der Waals surface area contributed by atoms with Gasteiger partial charge in [0.25, 0.3) is 0 Å². The van der Waals surface area contributed by atoms with Gasteiger partial charge in [-0.2, -0.15) is 0 Å². The molecule has 0 aliphatic carbocycles. The third-order valence-corrected chi connectivity index (χ3v) is 2.58. The van der Waals surface area contributed by atoms with Crippen LogP contribution in [0.3, 0.4) is 0 Å². The Hall–Kier alpha value is -2.83. The first kappa shape index (κ1) is 16.2. The fourth-order valence-corrected chi connectivity index (χ4v) is 1.50. The van der Waals surface area contributed by atoms with Crippen molar-refractivity contribution in [3.05, 3.63) is 35.9 Å². The number of rotatable bonds is 7.